The summed E-state index contributed by atoms with van der Waals surface area (Å²) in [7, 11) is 1.78. The zero-order valence-corrected chi connectivity index (χ0v) is 14.2. The van der Waals surface area contributed by atoms with Crippen molar-refractivity contribution < 1.29 is 4.74 Å². The van der Waals surface area contributed by atoms with E-state index in [1.54, 1.807) is 7.11 Å². The van der Waals surface area contributed by atoms with Crippen LogP contribution in [-0.2, 0) is 16.6 Å². The summed E-state index contributed by atoms with van der Waals surface area (Å²) in [6, 6.07) is 9.31. The zero-order valence-electron chi connectivity index (χ0n) is 14.2. The SMILES string of the molecule is CCNC(Cc1ccc(C(C)(C)C)cc1)C(C)(C)OC. The highest BCUT2D eigenvalue weighted by molar-refractivity contribution is 5.28. The molecular formula is C18H31NO. The molecule has 1 N–H and O–H groups in total. The molecule has 1 unspecified atom stereocenters. The summed E-state index contributed by atoms with van der Waals surface area (Å²) in [5.74, 6) is 0. The van der Waals surface area contributed by atoms with Crippen molar-refractivity contribution in [3.05, 3.63) is 35.4 Å². The summed E-state index contributed by atoms with van der Waals surface area (Å²) in [6.07, 6.45) is 0.985. The molecule has 0 aliphatic heterocycles. The van der Waals surface area contributed by atoms with Crippen molar-refractivity contribution in [3.8, 4) is 0 Å². The largest absolute Gasteiger partial charge is 0.377 e. The number of ether oxygens (including phenoxy) is 1. The van der Waals surface area contributed by atoms with Gasteiger partial charge < -0.3 is 10.1 Å². The maximum atomic E-state index is 5.64. The molecule has 0 aliphatic rings. The Morgan fingerprint density at radius 1 is 1.05 bits per heavy atom. The standard InChI is InChI=1S/C18H31NO/c1-8-19-16(18(5,6)20-7)13-14-9-11-15(12-10-14)17(2,3)4/h9-12,16,19H,8,13H2,1-7H3. The Morgan fingerprint density at radius 3 is 2.00 bits per heavy atom. The molecule has 114 valence electrons. The number of methoxy groups -OCH3 is 1. The molecule has 1 aromatic carbocycles. The third-order valence-electron chi connectivity index (χ3n) is 4.08. The molecule has 0 fully saturated rings. The minimum atomic E-state index is -0.168. The predicted octanol–water partition coefficient (Wildman–Crippen LogP) is 3.93. The highest BCUT2D eigenvalue weighted by atomic mass is 16.5. The molecule has 0 saturated carbocycles. The molecule has 0 bridgehead atoms. The van der Waals surface area contributed by atoms with Gasteiger partial charge in [-0.15, -0.1) is 0 Å². The average Bonchev–Trinajstić information content (AvgIpc) is 2.38. The van der Waals surface area contributed by atoms with Crippen molar-refractivity contribution in [3.63, 3.8) is 0 Å². The van der Waals surface area contributed by atoms with Gasteiger partial charge in [0.2, 0.25) is 0 Å². The van der Waals surface area contributed by atoms with E-state index in [0.717, 1.165) is 13.0 Å². The van der Waals surface area contributed by atoms with Crippen molar-refractivity contribution in [2.24, 2.45) is 0 Å². The van der Waals surface area contributed by atoms with Gasteiger partial charge >= 0.3 is 0 Å². The lowest BCUT2D eigenvalue weighted by Crippen LogP contribution is -2.49. The van der Waals surface area contributed by atoms with Crippen LogP contribution >= 0.6 is 0 Å². The van der Waals surface area contributed by atoms with Gasteiger partial charge in [-0.2, -0.15) is 0 Å². The first kappa shape index (κ1) is 17.2. The van der Waals surface area contributed by atoms with Crippen LogP contribution in [0.5, 0.6) is 0 Å². The van der Waals surface area contributed by atoms with Gasteiger partial charge in [0.25, 0.3) is 0 Å². The molecule has 0 heterocycles. The van der Waals surface area contributed by atoms with E-state index in [4.69, 9.17) is 4.74 Å². The highest BCUT2D eigenvalue weighted by Gasteiger charge is 2.28. The molecule has 0 spiro atoms. The number of nitrogens with one attached hydrogen (secondary N) is 1. The van der Waals surface area contributed by atoms with Gasteiger partial charge in [-0.05, 0) is 43.4 Å². The quantitative estimate of drug-likeness (QED) is 0.850. The fourth-order valence-corrected chi connectivity index (χ4v) is 2.33. The van der Waals surface area contributed by atoms with Crippen LogP contribution in [0.3, 0.4) is 0 Å². The molecule has 0 saturated heterocycles. The molecule has 0 aliphatic carbocycles. The third-order valence-corrected chi connectivity index (χ3v) is 4.08. The van der Waals surface area contributed by atoms with E-state index in [0.29, 0.717) is 6.04 Å². The van der Waals surface area contributed by atoms with E-state index in [2.05, 4.69) is 71.1 Å². The van der Waals surface area contributed by atoms with E-state index in [1.807, 2.05) is 0 Å². The fourth-order valence-electron chi connectivity index (χ4n) is 2.33. The molecular weight excluding hydrogens is 246 g/mol. The molecule has 1 rings (SSSR count). The minimum Gasteiger partial charge on any atom is -0.377 e. The van der Waals surface area contributed by atoms with Crippen LogP contribution in [0.15, 0.2) is 24.3 Å². The lowest BCUT2D eigenvalue weighted by Gasteiger charge is -2.34. The lowest BCUT2D eigenvalue weighted by atomic mass is 9.85. The summed E-state index contributed by atoms with van der Waals surface area (Å²) in [4.78, 5) is 0. The Morgan fingerprint density at radius 2 is 1.60 bits per heavy atom. The lowest BCUT2D eigenvalue weighted by molar-refractivity contribution is -0.00960. The molecule has 20 heavy (non-hydrogen) atoms. The zero-order chi connectivity index (χ0) is 15.4. The predicted molar refractivity (Wildman–Crippen MR) is 87.4 cm³/mol. The Balaban J connectivity index is 2.84. The second kappa shape index (κ2) is 6.73. The minimum absolute atomic E-state index is 0.168. The average molecular weight is 277 g/mol. The first-order chi connectivity index (χ1) is 9.20. The summed E-state index contributed by atoms with van der Waals surface area (Å²) < 4.78 is 5.64. The van der Waals surface area contributed by atoms with Crippen molar-refractivity contribution in [1.29, 1.82) is 0 Å². The number of rotatable bonds is 6. The highest BCUT2D eigenvalue weighted by Crippen LogP contribution is 2.24. The van der Waals surface area contributed by atoms with Gasteiger partial charge in [0.1, 0.15) is 0 Å². The Kier molecular flexibility index (Phi) is 5.79. The van der Waals surface area contributed by atoms with Crippen molar-refractivity contribution in [2.45, 2.75) is 65.0 Å². The smallest absolute Gasteiger partial charge is 0.0778 e. The maximum absolute atomic E-state index is 5.64. The first-order valence-electron chi connectivity index (χ1n) is 7.58. The van der Waals surface area contributed by atoms with Crippen LogP contribution in [0.4, 0.5) is 0 Å². The maximum Gasteiger partial charge on any atom is 0.0778 e. The van der Waals surface area contributed by atoms with Crippen LogP contribution in [0, 0.1) is 0 Å². The molecule has 0 radical (unpaired) electrons. The van der Waals surface area contributed by atoms with E-state index in [1.165, 1.54) is 11.1 Å². The van der Waals surface area contributed by atoms with Gasteiger partial charge in [0.05, 0.1) is 5.60 Å². The van der Waals surface area contributed by atoms with Gasteiger partial charge in [0, 0.05) is 13.2 Å². The molecule has 1 aromatic rings. The van der Waals surface area contributed by atoms with Crippen LogP contribution in [-0.4, -0.2) is 25.3 Å². The first-order valence-corrected chi connectivity index (χ1v) is 7.58. The van der Waals surface area contributed by atoms with E-state index >= 15 is 0 Å². The summed E-state index contributed by atoms with van der Waals surface area (Å²) in [5.41, 5.74) is 2.78. The van der Waals surface area contributed by atoms with E-state index in [9.17, 15) is 0 Å². The summed E-state index contributed by atoms with van der Waals surface area (Å²) in [5, 5.41) is 3.54. The Bertz CT molecular complexity index is 400. The van der Waals surface area contributed by atoms with Crippen molar-refractivity contribution in [1.82, 2.24) is 5.32 Å². The van der Waals surface area contributed by atoms with Gasteiger partial charge in [-0.25, -0.2) is 0 Å². The summed E-state index contributed by atoms with van der Waals surface area (Å²) in [6.45, 7) is 14.1. The molecule has 2 nitrogen and oxygen atoms in total. The molecule has 0 aromatic heterocycles. The van der Waals surface area contributed by atoms with Gasteiger partial charge in [-0.1, -0.05) is 52.0 Å². The fraction of sp³-hybridized carbons (Fsp3) is 0.667. The van der Waals surface area contributed by atoms with Crippen LogP contribution < -0.4 is 5.32 Å². The second-order valence-electron chi connectivity index (χ2n) is 7.07. The Hall–Kier alpha value is -0.860. The second-order valence-corrected chi connectivity index (χ2v) is 7.07. The topological polar surface area (TPSA) is 21.3 Å². The number of hydrogen-bond donors (Lipinski definition) is 1. The van der Waals surface area contributed by atoms with E-state index < -0.39 is 0 Å². The van der Waals surface area contributed by atoms with E-state index in [-0.39, 0.29) is 11.0 Å². The van der Waals surface area contributed by atoms with Crippen molar-refractivity contribution in [2.75, 3.05) is 13.7 Å². The Labute approximate surface area is 124 Å². The molecule has 1 atom stereocenters. The molecule has 2 heteroatoms. The van der Waals surface area contributed by atoms with Crippen LogP contribution in [0.1, 0.15) is 52.7 Å². The number of likely N-dealkylation sites (N-methyl/N-ethyl adjacent to an activating group) is 1. The normalized spacial score (nSPS) is 14.3. The van der Waals surface area contributed by atoms with Crippen LogP contribution in [0.2, 0.25) is 0 Å². The number of hydrogen-bond acceptors (Lipinski definition) is 2. The summed E-state index contributed by atoms with van der Waals surface area (Å²) >= 11 is 0. The van der Waals surface area contributed by atoms with Crippen LogP contribution in [0.25, 0.3) is 0 Å². The third kappa shape index (κ3) is 4.60. The van der Waals surface area contributed by atoms with Crippen molar-refractivity contribution >= 4 is 0 Å². The monoisotopic (exact) mass is 277 g/mol. The van der Waals surface area contributed by atoms with Gasteiger partial charge in [0.15, 0.2) is 0 Å². The number of benzene rings is 1. The van der Waals surface area contributed by atoms with Gasteiger partial charge in [-0.3, -0.25) is 0 Å². The molecule has 0 amide bonds.